The first-order valence-electron chi connectivity index (χ1n) is 11.6. The molecule has 0 fully saturated rings. The van der Waals surface area contributed by atoms with Crippen LogP contribution < -0.4 is 15.0 Å². The summed E-state index contributed by atoms with van der Waals surface area (Å²) in [7, 11) is 1.36. The van der Waals surface area contributed by atoms with Crippen LogP contribution in [0.4, 0.5) is 34.1 Å². The van der Waals surface area contributed by atoms with Crippen molar-refractivity contribution in [1.82, 2.24) is 0 Å². The number of rotatable bonds is 13. The summed E-state index contributed by atoms with van der Waals surface area (Å²) >= 11 is 0. The van der Waals surface area contributed by atoms with Gasteiger partial charge in [0.05, 0.1) is 46.4 Å². The number of ether oxygens (including phenoxy) is 2. The number of Topliss-reactive ketones (excluding diaryl/α,β-unsaturated/α-hetero) is 1. The molecule has 2 rings (SSSR count). The molecule has 0 atom stereocenters. The number of hydrogen-bond acceptors (Lipinski definition) is 13. The molecule has 2 aromatic rings. The quantitative estimate of drug-likeness (QED) is 0.160. The van der Waals surface area contributed by atoms with Gasteiger partial charge in [0.1, 0.15) is 24.1 Å². The zero-order valence-corrected chi connectivity index (χ0v) is 22.0. The van der Waals surface area contributed by atoms with E-state index in [1.54, 1.807) is 11.0 Å². The molecule has 0 aliphatic heterocycles. The number of benzene rings is 2. The number of hydrogen-bond donors (Lipinski definition) is 1. The number of nitrogens with zero attached hydrogens (tertiary/aromatic N) is 6. The SMILES string of the molecule is CCN(CCC(=O)OCC(C)=O)c1cc(NC(C)=O)c(N=Nc2c(C#N)cc([N+](=O)[O-])cc2[N+](=O)[O-])cc1OC. The van der Waals surface area contributed by atoms with Gasteiger partial charge < -0.3 is 19.7 Å². The van der Waals surface area contributed by atoms with Crippen molar-refractivity contribution in [3.05, 3.63) is 50.1 Å². The van der Waals surface area contributed by atoms with Gasteiger partial charge in [-0.3, -0.25) is 34.6 Å². The largest absolute Gasteiger partial charge is 0.494 e. The molecule has 16 heteroatoms. The van der Waals surface area contributed by atoms with Crippen LogP contribution in [0.2, 0.25) is 0 Å². The van der Waals surface area contributed by atoms with E-state index in [1.165, 1.54) is 33.1 Å². The third-order valence-electron chi connectivity index (χ3n) is 5.21. The zero-order valence-electron chi connectivity index (χ0n) is 22.0. The minimum absolute atomic E-state index is 0.00994. The summed E-state index contributed by atoms with van der Waals surface area (Å²) in [5.41, 5.74) is -1.90. The smallest absolute Gasteiger partial charge is 0.308 e. The molecule has 2 aromatic carbocycles. The van der Waals surface area contributed by atoms with Crippen molar-refractivity contribution in [1.29, 1.82) is 5.26 Å². The summed E-state index contributed by atoms with van der Waals surface area (Å²) in [6.07, 6.45) is -0.0536. The van der Waals surface area contributed by atoms with Gasteiger partial charge in [-0.25, -0.2) is 0 Å². The molecule has 0 saturated heterocycles. The van der Waals surface area contributed by atoms with Gasteiger partial charge in [-0.15, -0.1) is 10.2 Å². The summed E-state index contributed by atoms with van der Waals surface area (Å²) in [5.74, 6) is -1.13. The Morgan fingerprint density at radius 1 is 1.10 bits per heavy atom. The van der Waals surface area contributed by atoms with Crippen molar-refractivity contribution < 1.29 is 33.7 Å². The molecule has 0 radical (unpaired) electrons. The molecule has 0 aliphatic carbocycles. The first-order chi connectivity index (χ1) is 18.9. The number of amides is 1. The molecule has 0 unspecified atom stereocenters. The number of ketones is 1. The lowest BCUT2D eigenvalue weighted by molar-refractivity contribution is -0.393. The maximum absolute atomic E-state index is 12.0. The molecular formula is C24H25N7O9. The number of nitro groups is 2. The number of esters is 1. The Balaban J connectivity index is 2.57. The van der Waals surface area contributed by atoms with Gasteiger partial charge in [0.15, 0.2) is 11.5 Å². The fourth-order valence-corrected chi connectivity index (χ4v) is 3.41. The van der Waals surface area contributed by atoms with Crippen molar-refractivity contribution >= 4 is 51.8 Å². The summed E-state index contributed by atoms with van der Waals surface area (Å²) in [5, 5.41) is 42.5. The van der Waals surface area contributed by atoms with Gasteiger partial charge in [0.25, 0.3) is 5.69 Å². The van der Waals surface area contributed by atoms with Crippen LogP contribution in [0.1, 0.15) is 32.8 Å². The number of nitrogens with one attached hydrogen (secondary N) is 1. The zero-order chi connectivity index (χ0) is 30.0. The number of azo groups is 1. The summed E-state index contributed by atoms with van der Waals surface area (Å²) in [4.78, 5) is 57.6. The molecular weight excluding hydrogens is 530 g/mol. The Morgan fingerprint density at radius 3 is 2.33 bits per heavy atom. The van der Waals surface area contributed by atoms with E-state index >= 15 is 0 Å². The highest BCUT2D eigenvalue weighted by molar-refractivity contribution is 5.94. The lowest BCUT2D eigenvalue weighted by Gasteiger charge is -2.26. The predicted molar refractivity (Wildman–Crippen MR) is 140 cm³/mol. The van der Waals surface area contributed by atoms with Gasteiger partial charge in [0, 0.05) is 32.1 Å². The number of nitriles is 1. The third kappa shape index (κ3) is 8.02. The van der Waals surface area contributed by atoms with Gasteiger partial charge in [-0.2, -0.15) is 5.26 Å². The standard InChI is InChI=1S/C24H25N7O9/c1-5-29(7-6-23(34)40-13-14(2)32)20-10-18(26-15(3)33)19(11-22(20)39-4)27-28-24-16(12-25)8-17(30(35)36)9-21(24)31(37)38/h8-11H,5-7,13H2,1-4H3,(H,26,33). The first kappa shape index (κ1) is 30.8. The average molecular weight is 556 g/mol. The van der Waals surface area contributed by atoms with Crippen LogP contribution in [0.3, 0.4) is 0 Å². The van der Waals surface area contributed by atoms with Gasteiger partial charge in [-0.1, -0.05) is 0 Å². The van der Waals surface area contributed by atoms with Crippen LogP contribution in [0, 0.1) is 31.6 Å². The van der Waals surface area contributed by atoms with Gasteiger partial charge >= 0.3 is 11.7 Å². The Labute approximate surface area is 227 Å². The lowest BCUT2D eigenvalue weighted by Crippen LogP contribution is -2.27. The van der Waals surface area contributed by atoms with Crippen molar-refractivity contribution in [2.75, 3.05) is 37.0 Å². The van der Waals surface area contributed by atoms with Crippen LogP contribution in [0.5, 0.6) is 5.75 Å². The van der Waals surface area contributed by atoms with E-state index in [0.717, 1.165) is 6.07 Å². The molecule has 0 heterocycles. The van der Waals surface area contributed by atoms with Crippen molar-refractivity contribution in [2.24, 2.45) is 10.2 Å². The molecule has 0 aromatic heterocycles. The van der Waals surface area contributed by atoms with E-state index in [9.17, 15) is 39.9 Å². The van der Waals surface area contributed by atoms with Crippen LogP contribution in [0.15, 0.2) is 34.5 Å². The van der Waals surface area contributed by atoms with Gasteiger partial charge in [-0.05, 0) is 19.9 Å². The van der Waals surface area contributed by atoms with Crippen LogP contribution in [0.25, 0.3) is 0 Å². The predicted octanol–water partition coefficient (Wildman–Crippen LogP) is 4.11. The lowest BCUT2D eigenvalue weighted by atomic mass is 10.1. The van der Waals surface area contributed by atoms with Crippen LogP contribution in [-0.4, -0.2) is 54.3 Å². The van der Waals surface area contributed by atoms with E-state index in [0.29, 0.717) is 18.3 Å². The fraction of sp³-hybridized carbons (Fsp3) is 0.333. The highest BCUT2D eigenvalue weighted by Gasteiger charge is 2.25. The van der Waals surface area contributed by atoms with E-state index < -0.39 is 44.3 Å². The molecule has 0 spiro atoms. The summed E-state index contributed by atoms with van der Waals surface area (Å²) in [6.45, 7) is 4.58. The Morgan fingerprint density at radius 2 is 1.80 bits per heavy atom. The molecule has 0 bridgehead atoms. The summed E-state index contributed by atoms with van der Waals surface area (Å²) < 4.78 is 10.4. The minimum Gasteiger partial charge on any atom is -0.494 e. The number of carbonyl (C=O) groups is 3. The average Bonchev–Trinajstić information content (AvgIpc) is 2.90. The van der Waals surface area contributed by atoms with Crippen LogP contribution >= 0.6 is 0 Å². The second-order valence-electron chi connectivity index (χ2n) is 8.10. The Kier molecular flexibility index (Phi) is 10.7. The van der Waals surface area contributed by atoms with Crippen molar-refractivity contribution in [3.8, 4) is 11.8 Å². The first-order valence-corrected chi connectivity index (χ1v) is 11.6. The van der Waals surface area contributed by atoms with E-state index in [2.05, 4.69) is 15.5 Å². The Hall–Kier alpha value is -5.46. The number of carbonyl (C=O) groups excluding carboxylic acids is 3. The third-order valence-corrected chi connectivity index (χ3v) is 5.21. The van der Waals surface area contributed by atoms with E-state index in [-0.39, 0.29) is 42.5 Å². The number of methoxy groups -OCH3 is 1. The topological polar surface area (TPSA) is 220 Å². The van der Waals surface area contributed by atoms with E-state index in [4.69, 9.17) is 9.47 Å². The second-order valence-corrected chi connectivity index (χ2v) is 8.10. The molecule has 1 amide bonds. The van der Waals surface area contributed by atoms with Crippen molar-refractivity contribution in [3.63, 3.8) is 0 Å². The second kappa shape index (κ2) is 13.9. The molecule has 210 valence electrons. The number of nitro benzene ring substituents is 2. The maximum atomic E-state index is 12.0. The number of non-ortho nitro benzene ring substituents is 1. The molecule has 1 N–H and O–H groups in total. The van der Waals surface area contributed by atoms with Crippen molar-refractivity contribution in [2.45, 2.75) is 27.2 Å². The molecule has 0 aliphatic rings. The van der Waals surface area contributed by atoms with E-state index in [1.807, 2.05) is 6.92 Å². The highest BCUT2D eigenvalue weighted by Crippen LogP contribution is 2.41. The van der Waals surface area contributed by atoms with Gasteiger partial charge in [0.2, 0.25) is 5.91 Å². The molecule has 40 heavy (non-hydrogen) atoms. The number of anilines is 2. The summed E-state index contributed by atoms with van der Waals surface area (Å²) in [6, 6.07) is 6.01. The molecule has 16 nitrogen and oxygen atoms in total. The van der Waals surface area contributed by atoms with Crippen LogP contribution in [-0.2, 0) is 19.1 Å². The monoisotopic (exact) mass is 555 g/mol. The molecule has 0 saturated carbocycles. The highest BCUT2D eigenvalue weighted by atomic mass is 16.6. The fourth-order valence-electron chi connectivity index (χ4n) is 3.41. The maximum Gasteiger partial charge on any atom is 0.308 e. The minimum atomic E-state index is -0.929. The normalized spacial score (nSPS) is 10.5. The Bertz CT molecular complexity index is 1420.